The van der Waals surface area contributed by atoms with Gasteiger partial charge < -0.3 is 15.0 Å². The van der Waals surface area contributed by atoms with Crippen molar-refractivity contribution in [2.45, 2.75) is 26.4 Å². The van der Waals surface area contributed by atoms with E-state index in [2.05, 4.69) is 10.1 Å². The standard InChI is InChI=1S/C18H19F3N2O2/c1-13-7-3-4-9-15(13)12-23(2)17(24)22-11-14-8-5-6-10-16(14)25-18(19,20)21/h3-10H,11-12H2,1-2H3,(H,22,24). The molecule has 2 amide bonds. The minimum Gasteiger partial charge on any atom is -0.405 e. The Bertz CT molecular complexity index is 732. The molecule has 0 unspecified atom stereocenters. The smallest absolute Gasteiger partial charge is 0.405 e. The summed E-state index contributed by atoms with van der Waals surface area (Å²) in [5, 5.41) is 2.60. The van der Waals surface area contributed by atoms with Crippen molar-refractivity contribution in [2.75, 3.05) is 7.05 Å². The lowest BCUT2D eigenvalue weighted by Crippen LogP contribution is -2.36. The van der Waals surface area contributed by atoms with Gasteiger partial charge in [0.2, 0.25) is 0 Å². The molecule has 0 atom stereocenters. The number of rotatable bonds is 5. The van der Waals surface area contributed by atoms with Gasteiger partial charge in [-0.15, -0.1) is 13.2 Å². The van der Waals surface area contributed by atoms with Crippen molar-refractivity contribution in [3.63, 3.8) is 0 Å². The number of nitrogens with one attached hydrogen (secondary N) is 1. The molecule has 0 fully saturated rings. The van der Waals surface area contributed by atoms with Gasteiger partial charge in [-0.1, -0.05) is 42.5 Å². The third-order valence-electron chi connectivity index (χ3n) is 3.64. The third-order valence-corrected chi connectivity index (χ3v) is 3.64. The fourth-order valence-corrected chi connectivity index (χ4v) is 2.29. The van der Waals surface area contributed by atoms with Crippen LogP contribution in [-0.4, -0.2) is 24.3 Å². The fourth-order valence-electron chi connectivity index (χ4n) is 2.29. The summed E-state index contributed by atoms with van der Waals surface area (Å²) in [6.07, 6.45) is -4.78. The van der Waals surface area contributed by atoms with Crippen LogP contribution >= 0.6 is 0 Å². The van der Waals surface area contributed by atoms with E-state index in [-0.39, 0.29) is 23.9 Å². The average Bonchev–Trinajstić information content (AvgIpc) is 2.54. The number of amides is 2. The predicted octanol–water partition coefficient (Wildman–Crippen LogP) is 4.24. The predicted molar refractivity (Wildman–Crippen MR) is 88.0 cm³/mol. The Hall–Kier alpha value is -2.70. The van der Waals surface area contributed by atoms with Crippen LogP contribution in [0.4, 0.5) is 18.0 Å². The Morgan fingerprint density at radius 2 is 1.68 bits per heavy atom. The van der Waals surface area contributed by atoms with Crippen LogP contribution in [0.1, 0.15) is 16.7 Å². The van der Waals surface area contributed by atoms with E-state index in [1.54, 1.807) is 13.1 Å². The number of benzene rings is 2. The van der Waals surface area contributed by atoms with Gasteiger partial charge in [-0.05, 0) is 24.1 Å². The first-order valence-electron chi connectivity index (χ1n) is 7.63. The number of urea groups is 1. The zero-order chi connectivity index (χ0) is 18.4. The van der Waals surface area contributed by atoms with E-state index >= 15 is 0 Å². The summed E-state index contributed by atoms with van der Waals surface area (Å²) in [6, 6.07) is 13.0. The molecule has 0 saturated carbocycles. The highest BCUT2D eigenvalue weighted by molar-refractivity contribution is 5.74. The van der Waals surface area contributed by atoms with Crippen LogP contribution in [0.15, 0.2) is 48.5 Å². The average molecular weight is 352 g/mol. The van der Waals surface area contributed by atoms with Crippen molar-refractivity contribution in [1.82, 2.24) is 10.2 Å². The largest absolute Gasteiger partial charge is 0.573 e. The van der Waals surface area contributed by atoms with Gasteiger partial charge in [0.25, 0.3) is 0 Å². The third kappa shape index (κ3) is 5.70. The van der Waals surface area contributed by atoms with Gasteiger partial charge in [0.05, 0.1) is 0 Å². The molecule has 0 aliphatic carbocycles. The number of alkyl halides is 3. The van der Waals surface area contributed by atoms with Crippen molar-refractivity contribution in [3.05, 3.63) is 65.2 Å². The van der Waals surface area contributed by atoms with Gasteiger partial charge in [0.1, 0.15) is 5.75 Å². The zero-order valence-corrected chi connectivity index (χ0v) is 13.9. The molecule has 0 aliphatic heterocycles. The maximum Gasteiger partial charge on any atom is 0.573 e. The summed E-state index contributed by atoms with van der Waals surface area (Å²) in [4.78, 5) is 13.6. The number of ether oxygens (including phenoxy) is 1. The molecule has 7 heteroatoms. The van der Waals surface area contributed by atoms with Crippen molar-refractivity contribution < 1.29 is 22.7 Å². The molecule has 2 rings (SSSR count). The van der Waals surface area contributed by atoms with E-state index in [1.807, 2.05) is 31.2 Å². The van der Waals surface area contributed by atoms with Gasteiger partial charge in [0, 0.05) is 25.7 Å². The maximum atomic E-state index is 12.4. The molecule has 0 radical (unpaired) electrons. The van der Waals surface area contributed by atoms with E-state index in [1.165, 1.54) is 23.1 Å². The minimum absolute atomic E-state index is 0.0663. The summed E-state index contributed by atoms with van der Waals surface area (Å²) in [5.74, 6) is -0.322. The van der Waals surface area contributed by atoms with Crippen LogP contribution in [0.25, 0.3) is 0 Å². The van der Waals surface area contributed by atoms with E-state index < -0.39 is 6.36 Å². The number of aryl methyl sites for hydroxylation is 1. The lowest BCUT2D eigenvalue weighted by atomic mass is 10.1. The normalized spacial score (nSPS) is 11.1. The number of carbonyl (C=O) groups excluding carboxylic acids is 1. The van der Waals surface area contributed by atoms with Crippen LogP contribution in [0.5, 0.6) is 5.75 Å². The first kappa shape index (κ1) is 18.6. The lowest BCUT2D eigenvalue weighted by molar-refractivity contribution is -0.274. The molecular formula is C18H19F3N2O2. The summed E-state index contributed by atoms with van der Waals surface area (Å²) in [5.41, 5.74) is 2.31. The fraction of sp³-hybridized carbons (Fsp3) is 0.278. The highest BCUT2D eigenvalue weighted by Gasteiger charge is 2.32. The molecule has 0 aliphatic rings. The van der Waals surface area contributed by atoms with Crippen molar-refractivity contribution in [3.8, 4) is 5.75 Å². The molecule has 0 heterocycles. The van der Waals surface area contributed by atoms with Crippen LogP contribution in [0.2, 0.25) is 0 Å². The first-order chi connectivity index (χ1) is 11.8. The number of nitrogens with zero attached hydrogens (tertiary/aromatic N) is 1. The molecule has 0 spiro atoms. The van der Waals surface area contributed by atoms with Crippen LogP contribution in [0, 0.1) is 6.92 Å². The molecule has 2 aromatic rings. The van der Waals surface area contributed by atoms with Crippen LogP contribution in [0.3, 0.4) is 0 Å². The second kappa shape index (κ2) is 7.92. The second-order valence-corrected chi connectivity index (χ2v) is 5.60. The number of para-hydroxylation sites is 1. The topological polar surface area (TPSA) is 41.6 Å². The highest BCUT2D eigenvalue weighted by atomic mass is 19.4. The summed E-state index contributed by atoms with van der Waals surface area (Å²) >= 11 is 0. The Labute approximate surface area is 144 Å². The van der Waals surface area contributed by atoms with Gasteiger partial charge in [-0.2, -0.15) is 0 Å². The minimum atomic E-state index is -4.78. The number of hydrogen-bond acceptors (Lipinski definition) is 2. The number of carbonyl (C=O) groups is 1. The molecular weight excluding hydrogens is 333 g/mol. The maximum absolute atomic E-state index is 12.4. The molecule has 25 heavy (non-hydrogen) atoms. The lowest BCUT2D eigenvalue weighted by Gasteiger charge is -2.20. The molecule has 1 N–H and O–H groups in total. The summed E-state index contributed by atoms with van der Waals surface area (Å²) < 4.78 is 41.2. The number of halogens is 3. The molecule has 0 bridgehead atoms. The summed E-state index contributed by atoms with van der Waals surface area (Å²) in [7, 11) is 1.62. The summed E-state index contributed by atoms with van der Waals surface area (Å²) in [6.45, 7) is 2.29. The van der Waals surface area contributed by atoms with Gasteiger partial charge in [-0.25, -0.2) is 4.79 Å². The quantitative estimate of drug-likeness (QED) is 0.875. The van der Waals surface area contributed by atoms with Crippen molar-refractivity contribution in [1.29, 1.82) is 0 Å². The van der Waals surface area contributed by atoms with Crippen molar-refractivity contribution >= 4 is 6.03 Å². The Balaban J connectivity index is 1.97. The van der Waals surface area contributed by atoms with Gasteiger partial charge in [-0.3, -0.25) is 0 Å². The van der Waals surface area contributed by atoms with E-state index in [0.29, 0.717) is 6.54 Å². The highest BCUT2D eigenvalue weighted by Crippen LogP contribution is 2.26. The molecule has 134 valence electrons. The molecule has 0 saturated heterocycles. The first-order valence-corrected chi connectivity index (χ1v) is 7.63. The van der Waals surface area contributed by atoms with Gasteiger partial charge >= 0.3 is 12.4 Å². The van der Waals surface area contributed by atoms with E-state index in [0.717, 1.165) is 11.1 Å². The van der Waals surface area contributed by atoms with E-state index in [9.17, 15) is 18.0 Å². The SMILES string of the molecule is Cc1ccccc1CN(C)C(=O)NCc1ccccc1OC(F)(F)F. The molecule has 0 aromatic heterocycles. The number of hydrogen-bond donors (Lipinski definition) is 1. The molecule has 4 nitrogen and oxygen atoms in total. The van der Waals surface area contributed by atoms with Gasteiger partial charge in [0.15, 0.2) is 0 Å². The Morgan fingerprint density at radius 1 is 1.08 bits per heavy atom. The zero-order valence-electron chi connectivity index (χ0n) is 13.9. The Kier molecular flexibility index (Phi) is 5.90. The van der Waals surface area contributed by atoms with Crippen LogP contribution in [-0.2, 0) is 13.1 Å². The van der Waals surface area contributed by atoms with Crippen LogP contribution < -0.4 is 10.1 Å². The monoisotopic (exact) mass is 352 g/mol. The Morgan fingerprint density at radius 3 is 2.32 bits per heavy atom. The van der Waals surface area contributed by atoms with E-state index in [4.69, 9.17) is 0 Å². The molecule has 2 aromatic carbocycles. The second-order valence-electron chi connectivity index (χ2n) is 5.60. The van der Waals surface area contributed by atoms with Crippen molar-refractivity contribution in [2.24, 2.45) is 0 Å².